The highest BCUT2D eigenvalue weighted by Crippen LogP contribution is 2.34. The molecule has 1 aromatic carbocycles. The number of aliphatic hydroxyl groups excluding tert-OH is 1. The van der Waals surface area contributed by atoms with Crippen LogP contribution in [0.4, 0.5) is 0 Å². The second-order valence-electron chi connectivity index (χ2n) is 8.01. The van der Waals surface area contributed by atoms with Crippen LogP contribution in [0, 0.1) is 6.92 Å². The lowest BCUT2D eigenvalue weighted by Gasteiger charge is -2.24. The molecule has 0 radical (unpaired) electrons. The van der Waals surface area contributed by atoms with E-state index in [1.807, 2.05) is 36.1 Å². The first-order chi connectivity index (χ1) is 15.0. The lowest BCUT2D eigenvalue weighted by molar-refractivity contribution is 0.0531. The highest BCUT2D eigenvalue weighted by atomic mass is 32.1. The number of hydrogen-bond donors (Lipinski definition) is 2. The molecule has 2 aromatic heterocycles. The number of ether oxygens (including phenoxy) is 2. The Morgan fingerprint density at radius 1 is 1.32 bits per heavy atom. The molecule has 0 saturated heterocycles. The number of methoxy groups -OCH3 is 1. The topological polar surface area (TPSA) is 87.7 Å². The number of benzene rings is 1. The fourth-order valence-corrected chi connectivity index (χ4v) is 5.32. The van der Waals surface area contributed by atoms with Crippen LogP contribution in [0.1, 0.15) is 28.2 Å². The average molecular weight is 444 g/mol. The Bertz CT molecular complexity index is 1090. The Morgan fingerprint density at radius 2 is 2.16 bits per heavy atom. The van der Waals surface area contributed by atoms with Crippen molar-refractivity contribution in [3.05, 3.63) is 56.4 Å². The summed E-state index contributed by atoms with van der Waals surface area (Å²) in [6.07, 6.45) is 2.44. The molecule has 1 aliphatic rings. The van der Waals surface area contributed by atoms with Gasteiger partial charge in [0.15, 0.2) is 0 Å². The number of aromatic nitrogens is 2. The quantitative estimate of drug-likeness (QED) is 0.501. The van der Waals surface area contributed by atoms with E-state index < -0.39 is 6.10 Å². The van der Waals surface area contributed by atoms with E-state index in [2.05, 4.69) is 4.98 Å². The number of fused-ring (bicyclic) bond motifs is 3. The zero-order valence-electron chi connectivity index (χ0n) is 18.0. The van der Waals surface area contributed by atoms with Gasteiger partial charge >= 0.3 is 0 Å². The minimum atomic E-state index is -0.683. The summed E-state index contributed by atoms with van der Waals surface area (Å²) < 4.78 is 11.0. The molecular weight excluding hydrogens is 414 g/mol. The molecule has 3 aromatic rings. The highest BCUT2D eigenvalue weighted by molar-refractivity contribution is 7.18. The maximum atomic E-state index is 12.7. The Kier molecular flexibility index (Phi) is 7.02. The van der Waals surface area contributed by atoms with Crippen LogP contribution in [-0.2, 0) is 24.1 Å². The fraction of sp³-hybridized carbons (Fsp3) is 0.478. The van der Waals surface area contributed by atoms with Crippen molar-refractivity contribution in [2.75, 3.05) is 33.4 Å². The van der Waals surface area contributed by atoms with Gasteiger partial charge in [-0.15, -0.1) is 11.3 Å². The Morgan fingerprint density at radius 3 is 2.97 bits per heavy atom. The SMILES string of the molecule is COCCN(Cc1nc2sc3c(c2c(=O)[nH]1)CCC3)CC(O)COc1ccccc1C. The van der Waals surface area contributed by atoms with Gasteiger partial charge in [-0.2, -0.15) is 0 Å². The zero-order valence-corrected chi connectivity index (χ0v) is 18.8. The molecule has 2 N–H and O–H groups in total. The standard InChI is InChI=1S/C23H29N3O4S/c1-15-6-3-4-8-18(15)30-14-16(27)12-26(10-11-29-2)13-20-24-22(28)21-17-7-5-9-19(17)31-23(21)25-20/h3-4,6,8,16,27H,5,7,9-14H2,1-2H3,(H,24,25,28). The zero-order chi connectivity index (χ0) is 21.8. The van der Waals surface area contributed by atoms with E-state index in [0.29, 0.717) is 32.1 Å². The van der Waals surface area contributed by atoms with Gasteiger partial charge in [-0.05, 0) is 43.4 Å². The van der Waals surface area contributed by atoms with Crippen LogP contribution < -0.4 is 10.3 Å². The van der Waals surface area contributed by atoms with E-state index in [1.54, 1.807) is 18.4 Å². The summed E-state index contributed by atoms with van der Waals surface area (Å²) in [6, 6.07) is 7.74. The minimum absolute atomic E-state index is 0.0606. The van der Waals surface area contributed by atoms with E-state index in [1.165, 1.54) is 10.4 Å². The minimum Gasteiger partial charge on any atom is -0.491 e. The molecule has 0 aliphatic heterocycles. The average Bonchev–Trinajstić information content (AvgIpc) is 3.32. The first-order valence-electron chi connectivity index (χ1n) is 10.7. The fourth-order valence-electron chi connectivity index (χ4n) is 4.04. The maximum absolute atomic E-state index is 12.7. The third kappa shape index (κ3) is 5.15. The summed E-state index contributed by atoms with van der Waals surface area (Å²) in [6.45, 7) is 4.11. The number of rotatable bonds is 10. The molecule has 1 unspecified atom stereocenters. The predicted molar refractivity (Wildman–Crippen MR) is 122 cm³/mol. The van der Waals surface area contributed by atoms with Gasteiger partial charge in [0.1, 0.15) is 29.1 Å². The summed E-state index contributed by atoms with van der Waals surface area (Å²) in [7, 11) is 1.65. The molecule has 2 heterocycles. The number of hydrogen-bond acceptors (Lipinski definition) is 7. The van der Waals surface area contributed by atoms with Crippen LogP contribution in [0.15, 0.2) is 29.1 Å². The third-order valence-electron chi connectivity index (χ3n) is 5.60. The van der Waals surface area contributed by atoms with Gasteiger partial charge in [-0.25, -0.2) is 4.98 Å². The van der Waals surface area contributed by atoms with Crippen molar-refractivity contribution in [3.8, 4) is 5.75 Å². The van der Waals surface area contributed by atoms with E-state index in [9.17, 15) is 9.90 Å². The monoisotopic (exact) mass is 443 g/mol. The van der Waals surface area contributed by atoms with Crippen LogP contribution in [-0.4, -0.2) is 59.5 Å². The number of aliphatic hydroxyl groups is 1. The van der Waals surface area contributed by atoms with Crippen molar-refractivity contribution < 1.29 is 14.6 Å². The second-order valence-corrected chi connectivity index (χ2v) is 9.09. The number of nitrogens with one attached hydrogen (secondary N) is 1. The van der Waals surface area contributed by atoms with E-state index in [-0.39, 0.29) is 12.2 Å². The van der Waals surface area contributed by atoms with Gasteiger partial charge < -0.3 is 19.6 Å². The highest BCUT2D eigenvalue weighted by Gasteiger charge is 2.22. The molecule has 31 heavy (non-hydrogen) atoms. The molecule has 1 aliphatic carbocycles. The summed E-state index contributed by atoms with van der Waals surface area (Å²) in [4.78, 5) is 24.6. The van der Waals surface area contributed by atoms with Crippen molar-refractivity contribution in [2.24, 2.45) is 0 Å². The Labute approximate surface area is 185 Å². The van der Waals surface area contributed by atoms with Crippen molar-refractivity contribution in [1.82, 2.24) is 14.9 Å². The van der Waals surface area contributed by atoms with Gasteiger partial charge in [0, 0.05) is 25.1 Å². The van der Waals surface area contributed by atoms with Gasteiger partial charge in [0.05, 0.1) is 18.5 Å². The normalized spacial score (nSPS) is 14.3. The van der Waals surface area contributed by atoms with Crippen molar-refractivity contribution in [1.29, 1.82) is 0 Å². The van der Waals surface area contributed by atoms with Crippen molar-refractivity contribution >= 4 is 21.6 Å². The van der Waals surface area contributed by atoms with Gasteiger partial charge in [0.25, 0.3) is 5.56 Å². The van der Waals surface area contributed by atoms with Crippen molar-refractivity contribution in [3.63, 3.8) is 0 Å². The molecule has 0 saturated carbocycles. The number of H-pyrrole nitrogens is 1. The van der Waals surface area contributed by atoms with Crippen LogP contribution >= 0.6 is 11.3 Å². The molecule has 7 nitrogen and oxygen atoms in total. The predicted octanol–water partition coefficient (Wildman–Crippen LogP) is 2.67. The van der Waals surface area contributed by atoms with Crippen LogP contribution in [0.25, 0.3) is 10.2 Å². The number of para-hydroxylation sites is 1. The molecule has 0 fully saturated rings. The first kappa shape index (κ1) is 22.0. The molecule has 0 spiro atoms. The van der Waals surface area contributed by atoms with E-state index >= 15 is 0 Å². The smallest absolute Gasteiger partial charge is 0.259 e. The van der Waals surface area contributed by atoms with Gasteiger partial charge in [-0.3, -0.25) is 9.69 Å². The number of nitrogens with zero attached hydrogens (tertiary/aromatic N) is 2. The molecule has 0 bridgehead atoms. The summed E-state index contributed by atoms with van der Waals surface area (Å²) in [5.74, 6) is 1.38. The molecule has 4 rings (SSSR count). The second kappa shape index (κ2) is 9.91. The van der Waals surface area contributed by atoms with Gasteiger partial charge in [0.2, 0.25) is 0 Å². The number of thiophene rings is 1. The van der Waals surface area contributed by atoms with E-state index in [4.69, 9.17) is 14.5 Å². The summed E-state index contributed by atoms with van der Waals surface area (Å²) in [5.41, 5.74) is 2.15. The van der Waals surface area contributed by atoms with Crippen LogP contribution in [0.5, 0.6) is 5.75 Å². The Balaban J connectivity index is 1.44. The molecule has 1 atom stereocenters. The van der Waals surface area contributed by atoms with E-state index in [0.717, 1.165) is 40.8 Å². The number of aryl methyl sites for hydroxylation is 3. The molecule has 0 amide bonds. The Hall–Kier alpha value is -2.26. The third-order valence-corrected chi connectivity index (χ3v) is 6.79. The summed E-state index contributed by atoms with van der Waals surface area (Å²) >= 11 is 1.64. The molecule has 166 valence electrons. The lowest BCUT2D eigenvalue weighted by atomic mass is 10.2. The first-order valence-corrected chi connectivity index (χ1v) is 11.5. The van der Waals surface area contributed by atoms with Crippen molar-refractivity contribution in [2.45, 2.75) is 38.8 Å². The van der Waals surface area contributed by atoms with Gasteiger partial charge in [-0.1, -0.05) is 18.2 Å². The number of aromatic amines is 1. The largest absolute Gasteiger partial charge is 0.491 e. The van der Waals surface area contributed by atoms with Crippen LogP contribution in [0.3, 0.4) is 0 Å². The maximum Gasteiger partial charge on any atom is 0.259 e. The lowest BCUT2D eigenvalue weighted by Crippen LogP contribution is -2.38. The summed E-state index contributed by atoms with van der Waals surface area (Å²) in [5, 5.41) is 11.3. The molecular formula is C23H29N3O4S. The van der Waals surface area contributed by atoms with Crippen LogP contribution in [0.2, 0.25) is 0 Å². The molecule has 8 heteroatoms.